The van der Waals surface area contributed by atoms with Gasteiger partial charge in [0.15, 0.2) is 0 Å². The molecule has 0 aliphatic heterocycles. The summed E-state index contributed by atoms with van der Waals surface area (Å²) in [6.07, 6.45) is -121. The maximum atomic E-state index is 7.75. The van der Waals surface area contributed by atoms with Crippen molar-refractivity contribution in [2.75, 3.05) is 0 Å². The van der Waals surface area contributed by atoms with Gasteiger partial charge in [-0.1, -0.05) is 0 Å². The van der Waals surface area contributed by atoms with Gasteiger partial charge in [0, 0.05) is 248 Å². The Kier molecular flexibility index (Phi) is 62.4. The standard InChI is InChI=1S/B119/c1-61-91(60)106(90(58)59)114(107(92(62(2)3)63(4)5)93(64(6)7)65(8)9)118(115(108(94(66(10)11)67(12)13)95(68(14)15)69(16)17)109(96(70(18)19)71(20)21)97(72(22)23)73(24)25)119(116(110(98(74(26)27)75(28)29)99(76(30)31)77(32)33)111(100(78(34)35)79(36)37)101(80(38)39)81(40)41)117(112(102(82(42)43)83(44)45)103(84(46)47)85(48)49)113(104(86(50)51)87(52)53)105(88(54)55)89(56)57/q-5. The second-order valence-corrected chi connectivity index (χ2v) is 33.7. The molecule has 119 heteroatoms. The van der Waals surface area contributed by atoms with Crippen molar-refractivity contribution in [2.24, 2.45) is 0 Å². The van der Waals surface area contributed by atoms with E-state index in [4.69, 9.17) is 464 Å². The van der Waals surface area contributed by atoms with Crippen molar-refractivity contribution in [3.8, 4) is 0 Å². The highest BCUT2D eigenvalue weighted by Crippen LogP contribution is 2.32. The lowest BCUT2D eigenvalue weighted by molar-refractivity contribution is 3.11. The summed E-state index contributed by atoms with van der Waals surface area (Å²) in [5.41, 5.74) is 0. The molecule has 119 heavy (non-hydrogen) atoms. The van der Waals surface area contributed by atoms with Gasteiger partial charge in [0.2, 0.25) is 0 Å². The van der Waals surface area contributed by atoms with E-state index in [9.17, 15) is 0 Å². The second kappa shape index (κ2) is 58.6. The van der Waals surface area contributed by atoms with E-state index in [0.717, 1.165) is 7.06 Å². The third kappa shape index (κ3) is 34.1. The van der Waals surface area contributed by atoms with E-state index in [1.54, 1.807) is 0 Å². The molecule has 0 nitrogen and oxygen atoms in total. The molecule has 0 atom stereocenters. The molecule has 0 saturated carbocycles. The summed E-state index contributed by atoms with van der Waals surface area (Å²) in [5, 5.41) is 0. The molecule has 0 N–H and O–H groups in total. The molecule has 0 fully saturated rings. The van der Waals surface area contributed by atoms with Crippen LogP contribution in [0.15, 0.2) is 0 Å². The van der Waals surface area contributed by atoms with Gasteiger partial charge in [0.05, 0.1) is 0 Å². The predicted octanol–water partition coefficient (Wildman–Crippen LogP) is -45.3. The highest BCUT2D eigenvalue weighted by Gasteiger charge is 2.70. The first-order valence-corrected chi connectivity index (χ1v) is 39.3. The molecule has 0 spiro atoms. The number of hydrogen-bond donors (Lipinski definition) is 0. The SMILES string of the molecule is [B]B([B])B(B([B])[B])B(B(B([B])[B])B([B])[B])B(B(B(B([B])[B])B([B])[B])B(B([B])[B])B([B])[B])B(B(B(B([B])[B])B([B])[B][B-])B(B(B([B])[B])B([B])[B])B(B([B-])[B-])B([B-])[B-])B(B(B(B(B([B])[B])B([B])[B])B(B([B])[B])B([B])[B])B(B(B([B])[B])B([B])[B])B(B([B])[B])B([B])[B])B(B(B(B([B])[B])B([B])[B])B(B([B])[B])B([B])[B])B(B(B([B])[B])B([B])[B])B(B([B])[B])B([B])[B]. The smallest absolute Gasteiger partial charge is 0 e. The average Bonchev–Trinajstić information content (AvgIpc) is 0.701. The first kappa shape index (κ1) is 127. The largest absolute Gasteiger partial charge is 0.729 e. The molecule has 0 unspecified atom stereocenters. The van der Waals surface area contributed by atoms with E-state index in [-0.39, 0.29) is 0 Å². The molecule has 0 aliphatic carbocycles. The van der Waals surface area contributed by atoms with Crippen molar-refractivity contribution in [3.63, 3.8) is 0 Å². The first-order chi connectivity index (χ1) is 54.2. The van der Waals surface area contributed by atoms with E-state index in [0.29, 0.717) is 0 Å². The van der Waals surface area contributed by atoms with Gasteiger partial charge in [0.25, 0.3) is 0 Å². The second-order valence-electron chi connectivity index (χ2n) is 33.7. The monoisotopic (exact) mass is 1310 g/mol. The van der Waals surface area contributed by atoms with Gasteiger partial charge in [-0.25, -0.2) is 0 Å². The lowest BCUT2D eigenvalue weighted by Crippen LogP contribution is -3.02. The zero-order valence-corrected chi connectivity index (χ0v) is 68.7. The molecule has 0 heterocycles. The molecule has 0 aromatic rings. The summed E-state index contributed by atoms with van der Waals surface area (Å²) in [6.45, 7) is 0. The van der Waals surface area contributed by atoms with E-state index < -0.39 is 370 Å². The Morgan fingerprint density at radius 2 is 0.168 bits per heavy atom. The van der Waals surface area contributed by atoms with Gasteiger partial charge in [-0.3, -0.25) is 7.06 Å². The molecule has 0 amide bonds. The van der Waals surface area contributed by atoms with Crippen LogP contribution in [0.3, 0.4) is 0 Å². The van der Waals surface area contributed by atoms with Gasteiger partial charge >= 0.3 is 0 Å². The zero-order valence-electron chi connectivity index (χ0n) is 68.7. The Balaban J connectivity index is 16.5. The van der Waals surface area contributed by atoms with E-state index in [2.05, 4.69) is 0 Å². The summed E-state index contributed by atoms with van der Waals surface area (Å²) < 4.78 is 0. The van der Waals surface area contributed by atoms with Crippen LogP contribution < -0.4 is 0 Å². The minimum absolute atomic E-state index is 0.901. The lowest BCUT2D eigenvalue weighted by Gasteiger charge is -2.68. The van der Waals surface area contributed by atoms with Crippen LogP contribution in [0.2, 0.25) is 0 Å². The van der Waals surface area contributed by atoms with Crippen molar-refractivity contribution < 1.29 is 0 Å². The number of rotatable bonds is 58. The van der Waals surface area contributed by atoms with E-state index in [1.807, 2.05) is 0 Å². The molecular formula is B119-5. The minimum Gasteiger partial charge on any atom is -0.729 e. The Morgan fingerprint density at radius 1 is 0.101 bits per heavy atom. The maximum absolute atomic E-state index is 7.75. The van der Waals surface area contributed by atoms with Crippen LogP contribution in [-0.4, -0.2) is 842 Å². The van der Waals surface area contributed by atoms with Gasteiger partial charge in [-0.05, 0) is 529 Å². The van der Waals surface area contributed by atoms with Crippen molar-refractivity contribution in [1.82, 2.24) is 0 Å². The molecule has 0 aliphatic rings. The molecule has 0 saturated heterocycles. The van der Waals surface area contributed by atoms with Crippen molar-refractivity contribution >= 4 is 842 Å². The van der Waals surface area contributed by atoms with Gasteiger partial charge in [0.1, 0.15) is 0 Å². The summed E-state index contributed by atoms with van der Waals surface area (Å²) in [4.78, 5) is 0. The van der Waals surface area contributed by atoms with Crippen molar-refractivity contribution in [1.29, 1.82) is 0 Å². The number of hydrogen-bond acceptors (Lipinski definition) is 0. The molecule has 0 aromatic carbocycles. The highest BCUT2D eigenvalue weighted by atomic mass is 13.5. The van der Waals surface area contributed by atoms with E-state index >= 15 is 0 Å². The third-order valence-corrected chi connectivity index (χ3v) is 25.6. The zero-order chi connectivity index (χ0) is 94.2. The van der Waals surface area contributed by atoms with E-state index in [1.165, 1.54) is 0 Å². The molecule has 0 rings (SSSR count). The van der Waals surface area contributed by atoms with Crippen LogP contribution in [0.25, 0.3) is 0 Å². The molecule has 0 bridgehead atoms. The Hall–Kier alpha value is 7.73. The van der Waals surface area contributed by atoms with Crippen LogP contribution in [-0.2, 0) is 0 Å². The average molecular weight is 1290 g/mol. The maximum Gasteiger partial charge on any atom is 0 e. The fourth-order valence-corrected chi connectivity index (χ4v) is 21.7. The summed E-state index contributed by atoms with van der Waals surface area (Å²) >= 11 is 0. The summed E-state index contributed by atoms with van der Waals surface area (Å²) in [7, 11) is 440. The van der Waals surface area contributed by atoms with Gasteiger partial charge in [-0.15, -0.1) is 6.39 Å². The molecule has 0 aromatic heterocycles. The Labute approximate surface area is 832 Å². The van der Waals surface area contributed by atoms with Gasteiger partial charge in [-0.2, -0.15) is 0 Å². The van der Waals surface area contributed by atoms with Crippen LogP contribution in [0.5, 0.6) is 0 Å². The fourth-order valence-electron chi connectivity index (χ4n) is 21.7. The van der Waals surface area contributed by atoms with Gasteiger partial charge < -0.3 is 51.5 Å². The van der Waals surface area contributed by atoms with Crippen molar-refractivity contribution in [3.05, 3.63) is 0 Å². The lowest BCUT2D eigenvalue weighted by atomic mass is 8.17. The predicted molar refractivity (Wildman–Crippen MR) is 685 cm³/mol. The highest BCUT2D eigenvalue weighted by molar-refractivity contribution is 8.46. The quantitative estimate of drug-likeness (QED) is 0.0533. The molecule has 126 radical (unpaired) electrons. The summed E-state index contributed by atoms with van der Waals surface area (Å²) in [6, 6.07) is 0. The summed E-state index contributed by atoms with van der Waals surface area (Å²) in [5.74, 6) is 0. The Morgan fingerprint density at radius 3 is 0.235 bits per heavy atom. The minimum atomic E-state index is -2.64. The van der Waals surface area contributed by atoms with Crippen LogP contribution >= 0.6 is 0 Å². The molecule has 362 valence electrons. The fraction of sp³-hybridized carbons (Fsp3) is 0. The van der Waals surface area contributed by atoms with Crippen LogP contribution in [0.4, 0.5) is 0 Å². The van der Waals surface area contributed by atoms with Crippen LogP contribution in [0, 0.1) is 0 Å². The topological polar surface area (TPSA) is 0 Å². The van der Waals surface area contributed by atoms with Crippen LogP contribution in [0.1, 0.15) is 0 Å². The normalized spacial score (nSPS) is 9.89. The Bertz CT molecular complexity index is 2070. The molecular weight excluding hydrogens is 1290 g/mol. The third-order valence-electron chi connectivity index (χ3n) is 25.6. The first-order valence-electron chi connectivity index (χ1n) is 39.3. The van der Waals surface area contributed by atoms with Crippen molar-refractivity contribution in [2.45, 2.75) is 0 Å².